The molecule has 64 valence electrons. The maximum Gasteiger partial charge on any atom is 1.00 e. The molecule has 1 rings (SSSR count). The van der Waals surface area contributed by atoms with E-state index < -0.39 is 0 Å². The van der Waals surface area contributed by atoms with E-state index in [9.17, 15) is 4.79 Å². The molecule has 0 atom stereocenters. The third-order valence-corrected chi connectivity index (χ3v) is 1.47. The molecule has 1 aromatic heterocycles. The van der Waals surface area contributed by atoms with Crippen LogP contribution in [0.25, 0.3) is 5.32 Å². The summed E-state index contributed by atoms with van der Waals surface area (Å²) in [4.78, 5) is 15.0. The molecule has 1 amide bonds. The molecule has 1 aromatic rings. The van der Waals surface area contributed by atoms with E-state index in [1.54, 1.807) is 19.2 Å². The minimum atomic E-state index is -0.245. The number of rotatable bonds is 2. The topological polar surface area (TPSA) is 56.1 Å². The number of nitrogens with zero attached hydrogens (tertiary/aromatic N) is 2. The van der Waals surface area contributed by atoms with Crippen LogP contribution < -0.4 is 56.7 Å². The van der Waals surface area contributed by atoms with Gasteiger partial charge in [-0.15, -0.1) is 7.05 Å². The SMILES string of the molecule is C[N-]C(=O)c1ccc(NC)nc1.[K+]. The monoisotopic (exact) mass is 203 g/mol. The van der Waals surface area contributed by atoms with E-state index in [1.807, 2.05) is 0 Å². The molecule has 4 nitrogen and oxygen atoms in total. The Labute approximate surface area is 120 Å². The van der Waals surface area contributed by atoms with Crippen LogP contribution in [0.5, 0.6) is 0 Å². The number of pyridine rings is 1. The van der Waals surface area contributed by atoms with Gasteiger partial charge in [-0.1, -0.05) is 0 Å². The molecule has 0 bridgehead atoms. The first kappa shape index (κ1) is 13.1. The van der Waals surface area contributed by atoms with Crippen LogP contribution in [0.3, 0.4) is 0 Å². The molecule has 0 aromatic carbocycles. The molecule has 0 aliphatic heterocycles. The van der Waals surface area contributed by atoms with Crippen molar-refractivity contribution in [3.05, 3.63) is 29.2 Å². The molecule has 5 heteroatoms. The van der Waals surface area contributed by atoms with Crippen LogP contribution in [0.2, 0.25) is 0 Å². The summed E-state index contributed by atoms with van der Waals surface area (Å²) in [5, 5.41) is 6.37. The average Bonchev–Trinajstić information content (AvgIpc) is 2.17. The van der Waals surface area contributed by atoms with E-state index in [0.717, 1.165) is 5.82 Å². The normalized spacial score (nSPS) is 8.46. The van der Waals surface area contributed by atoms with Crippen molar-refractivity contribution in [2.45, 2.75) is 0 Å². The number of carbonyl (C=O) groups excluding carboxylic acids is 1. The molecule has 0 fully saturated rings. The first-order chi connectivity index (χ1) is 5.77. The van der Waals surface area contributed by atoms with Crippen LogP contribution in [0, 0.1) is 0 Å². The molecular formula is C8H10KN3O. The molecule has 0 radical (unpaired) electrons. The fraction of sp³-hybridized carbons (Fsp3) is 0.250. The van der Waals surface area contributed by atoms with Crippen LogP contribution in [-0.2, 0) is 0 Å². The molecule has 0 aliphatic rings. The van der Waals surface area contributed by atoms with Crippen molar-refractivity contribution < 1.29 is 56.2 Å². The molecular weight excluding hydrogens is 193 g/mol. The van der Waals surface area contributed by atoms with Gasteiger partial charge >= 0.3 is 51.4 Å². The Morgan fingerprint density at radius 3 is 2.62 bits per heavy atom. The van der Waals surface area contributed by atoms with Gasteiger partial charge in [0, 0.05) is 18.8 Å². The summed E-state index contributed by atoms with van der Waals surface area (Å²) in [7, 11) is 3.24. The first-order valence-electron chi connectivity index (χ1n) is 3.56. The van der Waals surface area contributed by atoms with E-state index in [2.05, 4.69) is 15.6 Å². The number of hydrogen-bond acceptors (Lipinski definition) is 3. The third kappa shape index (κ3) is 3.74. The minimum Gasteiger partial charge on any atom is -0.652 e. The Morgan fingerprint density at radius 1 is 1.54 bits per heavy atom. The number of aromatic nitrogens is 1. The number of hydrogen-bond donors (Lipinski definition) is 1. The molecule has 1 N–H and O–H groups in total. The largest absolute Gasteiger partial charge is 1.00 e. The zero-order valence-corrected chi connectivity index (χ0v) is 11.2. The Hall–Kier alpha value is 0.0564. The predicted molar refractivity (Wildman–Crippen MR) is 47.4 cm³/mol. The van der Waals surface area contributed by atoms with Crippen molar-refractivity contribution in [1.29, 1.82) is 0 Å². The summed E-state index contributed by atoms with van der Waals surface area (Å²) in [6.07, 6.45) is 1.50. The number of carbonyl (C=O) groups is 1. The fourth-order valence-electron chi connectivity index (χ4n) is 0.797. The number of anilines is 1. The van der Waals surface area contributed by atoms with Crippen molar-refractivity contribution in [2.24, 2.45) is 0 Å². The third-order valence-electron chi connectivity index (χ3n) is 1.47. The Morgan fingerprint density at radius 2 is 2.23 bits per heavy atom. The summed E-state index contributed by atoms with van der Waals surface area (Å²) >= 11 is 0. The van der Waals surface area contributed by atoms with E-state index in [4.69, 9.17) is 0 Å². The minimum absolute atomic E-state index is 0. The van der Waals surface area contributed by atoms with Crippen LogP contribution in [0.1, 0.15) is 10.4 Å². The number of amides is 1. The average molecular weight is 203 g/mol. The van der Waals surface area contributed by atoms with Crippen molar-refractivity contribution in [2.75, 3.05) is 19.4 Å². The maximum atomic E-state index is 11.0. The van der Waals surface area contributed by atoms with Crippen LogP contribution in [-0.4, -0.2) is 25.0 Å². The van der Waals surface area contributed by atoms with E-state index in [-0.39, 0.29) is 57.3 Å². The second-order valence-corrected chi connectivity index (χ2v) is 2.21. The van der Waals surface area contributed by atoms with Gasteiger partial charge in [-0.25, -0.2) is 4.98 Å². The van der Waals surface area contributed by atoms with Gasteiger partial charge in [-0.2, -0.15) is 0 Å². The van der Waals surface area contributed by atoms with Crippen molar-refractivity contribution >= 4 is 11.7 Å². The first-order valence-corrected chi connectivity index (χ1v) is 3.56. The molecule has 0 aliphatic carbocycles. The van der Waals surface area contributed by atoms with Crippen molar-refractivity contribution in [3.8, 4) is 0 Å². The zero-order chi connectivity index (χ0) is 8.97. The van der Waals surface area contributed by atoms with E-state index in [1.165, 1.54) is 13.2 Å². The summed E-state index contributed by atoms with van der Waals surface area (Å²) in [6.45, 7) is 0. The van der Waals surface area contributed by atoms with Crippen LogP contribution in [0.4, 0.5) is 5.82 Å². The van der Waals surface area contributed by atoms with Crippen LogP contribution in [0.15, 0.2) is 18.3 Å². The van der Waals surface area contributed by atoms with Gasteiger partial charge in [0.25, 0.3) is 0 Å². The molecule has 0 spiro atoms. The van der Waals surface area contributed by atoms with Gasteiger partial charge in [-0.05, 0) is 12.1 Å². The van der Waals surface area contributed by atoms with Gasteiger partial charge in [0.1, 0.15) is 5.82 Å². The van der Waals surface area contributed by atoms with Gasteiger partial charge in [0.2, 0.25) is 0 Å². The molecule has 0 saturated carbocycles. The summed E-state index contributed by atoms with van der Waals surface area (Å²) in [5.74, 6) is 0.493. The second kappa shape index (κ2) is 6.50. The predicted octanol–water partition coefficient (Wildman–Crippen LogP) is -1.73. The molecule has 1 heterocycles. The smallest absolute Gasteiger partial charge is 0.652 e. The van der Waals surface area contributed by atoms with E-state index >= 15 is 0 Å². The molecule has 13 heavy (non-hydrogen) atoms. The molecule has 0 saturated heterocycles. The Bertz CT molecular complexity index is 273. The Balaban J connectivity index is 0.00000144. The second-order valence-electron chi connectivity index (χ2n) is 2.21. The van der Waals surface area contributed by atoms with Gasteiger partial charge in [0.05, 0.1) is 5.91 Å². The fourth-order valence-corrected chi connectivity index (χ4v) is 0.797. The van der Waals surface area contributed by atoms with Gasteiger partial charge in [0.15, 0.2) is 0 Å². The zero-order valence-electron chi connectivity index (χ0n) is 8.03. The summed E-state index contributed by atoms with van der Waals surface area (Å²) in [5.41, 5.74) is 0.511. The van der Waals surface area contributed by atoms with Crippen molar-refractivity contribution in [3.63, 3.8) is 0 Å². The molecule has 0 unspecified atom stereocenters. The van der Waals surface area contributed by atoms with Gasteiger partial charge in [-0.3, -0.25) is 0 Å². The number of nitrogens with one attached hydrogen (secondary N) is 1. The summed E-state index contributed by atoms with van der Waals surface area (Å²) < 4.78 is 0. The quantitative estimate of drug-likeness (QED) is 0.581. The van der Waals surface area contributed by atoms with Crippen molar-refractivity contribution in [1.82, 2.24) is 4.98 Å². The maximum absolute atomic E-state index is 11.0. The van der Waals surface area contributed by atoms with E-state index in [0.29, 0.717) is 5.56 Å². The van der Waals surface area contributed by atoms with Crippen LogP contribution >= 0.6 is 0 Å². The Kier molecular flexibility index (Phi) is 6.53. The summed E-state index contributed by atoms with van der Waals surface area (Å²) in [6, 6.07) is 3.42. The van der Waals surface area contributed by atoms with Gasteiger partial charge < -0.3 is 15.4 Å². The standard InChI is InChI=1S/C8H11N3O.K/c1-9-7-4-3-6(5-11-7)8(12)10-2;/h3-5H,1-2H3,(H2,9,10,11,12);/q;+1/p-1.